The first kappa shape index (κ1) is 18.0. The molecule has 0 aliphatic carbocycles. The SMILES string of the molecule is COc1ccc(NC(=S)NNC(=O)c2csc3ccccc23)cc1OC. The van der Waals surface area contributed by atoms with Gasteiger partial charge in [0.25, 0.3) is 5.91 Å². The van der Waals surface area contributed by atoms with E-state index in [1.807, 2.05) is 29.6 Å². The number of fused-ring (bicyclic) bond motifs is 1. The fraction of sp³-hybridized carbons (Fsp3) is 0.111. The lowest BCUT2D eigenvalue weighted by molar-refractivity contribution is 0.0946. The maximum Gasteiger partial charge on any atom is 0.271 e. The summed E-state index contributed by atoms with van der Waals surface area (Å²) >= 11 is 6.74. The van der Waals surface area contributed by atoms with E-state index < -0.39 is 0 Å². The third kappa shape index (κ3) is 3.87. The summed E-state index contributed by atoms with van der Waals surface area (Å²) < 4.78 is 11.5. The van der Waals surface area contributed by atoms with E-state index in [1.54, 1.807) is 32.4 Å². The lowest BCUT2D eigenvalue weighted by Crippen LogP contribution is -2.43. The van der Waals surface area contributed by atoms with Gasteiger partial charge >= 0.3 is 0 Å². The fourth-order valence-electron chi connectivity index (χ4n) is 2.41. The van der Waals surface area contributed by atoms with Crippen LogP contribution in [0.25, 0.3) is 10.1 Å². The molecule has 0 saturated heterocycles. The molecule has 1 amide bonds. The van der Waals surface area contributed by atoms with Crippen molar-refractivity contribution in [2.24, 2.45) is 0 Å². The molecule has 1 heterocycles. The number of benzene rings is 2. The number of thiocarbonyl (C=S) groups is 1. The van der Waals surface area contributed by atoms with Gasteiger partial charge in [-0.3, -0.25) is 15.6 Å². The molecule has 3 rings (SSSR count). The molecule has 26 heavy (non-hydrogen) atoms. The molecule has 0 aliphatic rings. The Morgan fingerprint density at radius 3 is 2.58 bits per heavy atom. The average molecular weight is 387 g/mol. The van der Waals surface area contributed by atoms with Gasteiger partial charge in [0.2, 0.25) is 0 Å². The molecule has 0 spiro atoms. The van der Waals surface area contributed by atoms with E-state index in [1.165, 1.54) is 11.3 Å². The van der Waals surface area contributed by atoms with Gasteiger partial charge in [-0.05, 0) is 30.4 Å². The summed E-state index contributed by atoms with van der Waals surface area (Å²) in [6.07, 6.45) is 0. The second-order valence-electron chi connectivity index (χ2n) is 5.25. The van der Waals surface area contributed by atoms with Gasteiger partial charge < -0.3 is 14.8 Å². The molecule has 8 heteroatoms. The number of hydrogen-bond donors (Lipinski definition) is 3. The van der Waals surface area contributed by atoms with Crippen molar-refractivity contribution in [3.8, 4) is 11.5 Å². The maximum atomic E-state index is 12.4. The molecule has 0 atom stereocenters. The van der Waals surface area contributed by atoms with Crippen LogP contribution in [-0.4, -0.2) is 25.2 Å². The number of carbonyl (C=O) groups is 1. The Morgan fingerprint density at radius 1 is 1.04 bits per heavy atom. The second-order valence-corrected chi connectivity index (χ2v) is 6.57. The Bertz CT molecular complexity index is 956. The number of carbonyl (C=O) groups excluding carboxylic acids is 1. The van der Waals surface area contributed by atoms with Crippen LogP contribution in [0.4, 0.5) is 5.69 Å². The molecule has 0 saturated carbocycles. The minimum absolute atomic E-state index is 0.251. The zero-order valence-electron chi connectivity index (χ0n) is 14.2. The van der Waals surface area contributed by atoms with Crippen molar-refractivity contribution < 1.29 is 14.3 Å². The highest BCUT2D eigenvalue weighted by Gasteiger charge is 2.12. The highest BCUT2D eigenvalue weighted by atomic mass is 32.1. The van der Waals surface area contributed by atoms with Crippen molar-refractivity contribution in [3.63, 3.8) is 0 Å². The van der Waals surface area contributed by atoms with Crippen LogP contribution < -0.4 is 25.6 Å². The molecule has 3 aromatic rings. The fourth-order valence-corrected chi connectivity index (χ4v) is 3.52. The number of thiophene rings is 1. The van der Waals surface area contributed by atoms with Gasteiger partial charge in [0.05, 0.1) is 19.8 Å². The van der Waals surface area contributed by atoms with Crippen LogP contribution in [0.15, 0.2) is 47.8 Å². The van der Waals surface area contributed by atoms with E-state index in [0.29, 0.717) is 22.7 Å². The summed E-state index contributed by atoms with van der Waals surface area (Å²) in [7, 11) is 3.13. The molecule has 0 unspecified atom stereocenters. The largest absolute Gasteiger partial charge is 0.493 e. The summed E-state index contributed by atoms with van der Waals surface area (Å²) in [5.41, 5.74) is 6.62. The molecule has 6 nitrogen and oxygen atoms in total. The Kier molecular flexibility index (Phi) is 5.55. The number of hydrazine groups is 1. The Balaban J connectivity index is 1.61. The number of rotatable bonds is 4. The number of ether oxygens (including phenoxy) is 2. The molecule has 0 fully saturated rings. The van der Waals surface area contributed by atoms with Crippen molar-refractivity contribution in [2.45, 2.75) is 0 Å². The first-order valence-electron chi connectivity index (χ1n) is 7.68. The monoisotopic (exact) mass is 387 g/mol. The molecule has 0 bridgehead atoms. The maximum absolute atomic E-state index is 12.4. The van der Waals surface area contributed by atoms with Gasteiger partial charge in [-0.15, -0.1) is 11.3 Å². The normalized spacial score (nSPS) is 10.2. The van der Waals surface area contributed by atoms with Gasteiger partial charge in [0.15, 0.2) is 16.6 Å². The number of methoxy groups -OCH3 is 2. The highest BCUT2D eigenvalue weighted by molar-refractivity contribution is 7.80. The van der Waals surface area contributed by atoms with E-state index in [9.17, 15) is 4.79 Å². The van der Waals surface area contributed by atoms with E-state index in [2.05, 4.69) is 16.2 Å². The van der Waals surface area contributed by atoms with Crippen LogP contribution in [0.5, 0.6) is 11.5 Å². The molecule has 1 aromatic heterocycles. The van der Waals surface area contributed by atoms with Crippen LogP contribution in [0.2, 0.25) is 0 Å². The third-order valence-electron chi connectivity index (χ3n) is 3.66. The Labute approximate surface area is 160 Å². The quantitative estimate of drug-likeness (QED) is 0.470. The van der Waals surface area contributed by atoms with E-state index in [0.717, 1.165) is 10.1 Å². The number of amides is 1. The van der Waals surface area contributed by atoms with Crippen molar-refractivity contribution >= 4 is 50.3 Å². The molecule has 134 valence electrons. The smallest absolute Gasteiger partial charge is 0.271 e. The predicted molar refractivity (Wildman–Crippen MR) is 108 cm³/mol. The van der Waals surface area contributed by atoms with Crippen LogP contribution in [-0.2, 0) is 0 Å². The van der Waals surface area contributed by atoms with Crippen molar-refractivity contribution in [2.75, 3.05) is 19.5 Å². The summed E-state index contributed by atoms with van der Waals surface area (Å²) in [4.78, 5) is 12.4. The summed E-state index contributed by atoms with van der Waals surface area (Å²) in [5, 5.41) is 5.97. The molecular weight excluding hydrogens is 370 g/mol. The zero-order valence-corrected chi connectivity index (χ0v) is 15.8. The molecule has 3 N–H and O–H groups in total. The first-order valence-corrected chi connectivity index (χ1v) is 8.96. The average Bonchev–Trinajstić information content (AvgIpc) is 3.10. The molecular formula is C18H17N3O3S2. The Hall–Kier alpha value is -2.84. The van der Waals surface area contributed by atoms with E-state index >= 15 is 0 Å². The van der Waals surface area contributed by atoms with Gasteiger partial charge in [-0.25, -0.2) is 0 Å². The topological polar surface area (TPSA) is 71.6 Å². The van der Waals surface area contributed by atoms with Crippen molar-refractivity contribution in [1.29, 1.82) is 0 Å². The van der Waals surface area contributed by atoms with E-state index in [-0.39, 0.29) is 11.0 Å². The van der Waals surface area contributed by atoms with Gasteiger partial charge in [0.1, 0.15) is 0 Å². The van der Waals surface area contributed by atoms with Crippen LogP contribution in [0, 0.1) is 0 Å². The lowest BCUT2D eigenvalue weighted by atomic mass is 10.2. The summed E-state index contributed by atoms with van der Waals surface area (Å²) in [6, 6.07) is 13.1. The van der Waals surface area contributed by atoms with Crippen LogP contribution in [0.3, 0.4) is 0 Å². The standard InChI is InChI=1S/C18H17N3O3S2/c1-23-14-8-7-11(9-15(14)24-2)19-18(25)21-20-17(22)13-10-26-16-6-4-3-5-12(13)16/h3-10H,1-2H3,(H,20,22)(H2,19,21,25). The van der Waals surface area contributed by atoms with Gasteiger partial charge in [-0.2, -0.15) is 0 Å². The van der Waals surface area contributed by atoms with E-state index in [4.69, 9.17) is 21.7 Å². The third-order valence-corrected chi connectivity index (χ3v) is 4.82. The molecule has 2 aromatic carbocycles. The number of hydrogen-bond acceptors (Lipinski definition) is 5. The minimum Gasteiger partial charge on any atom is -0.493 e. The first-order chi connectivity index (χ1) is 12.6. The van der Waals surface area contributed by atoms with Crippen LogP contribution >= 0.6 is 23.6 Å². The number of nitrogens with one attached hydrogen (secondary N) is 3. The number of anilines is 1. The van der Waals surface area contributed by atoms with Gasteiger partial charge in [0, 0.05) is 27.2 Å². The molecule has 0 radical (unpaired) electrons. The zero-order chi connectivity index (χ0) is 18.5. The van der Waals surface area contributed by atoms with Crippen molar-refractivity contribution in [1.82, 2.24) is 10.9 Å². The van der Waals surface area contributed by atoms with Gasteiger partial charge in [-0.1, -0.05) is 18.2 Å². The summed E-state index contributed by atoms with van der Waals surface area (Å²) in [5.74, 6) is 0.947. The molecule has 0 aliphatic heterocycles. The Morgan fingerprint density at radius 2 is 1.81 bits per heavy atom. The second kappa shape index (κ2) is 8.03. The minimum atomic E-state index is -0.251. The lowest BCUT2D eigenvalue weighted by Gasteiger charge is -2.13. The van der Waals surface area contributed by atoms with Crippen molar-refractivity contribution in [3.05, 3.63) is 53.4 Å². The van der Waals surface area contributed by atoms with Crippen LogP contribution in [0.1, 0.15) is 10.4 Å². The summed E-state index contributed by atoms with van der Waals surface area (Å²) in [6.45, 7) is 0. The predicted octanol–water partition coefficient (Wildman–Crippen LogP) is 3.55. The highest BCUT2D eigenvalue weighted by Crippen LogP contribution is 2.29.